The zero-order valence-electron chi connectivity index (χ0n) is 17.9. The van der Waals surface area contributed by atoms with E-state index < -0.39 is 0 Å². The summed E-state index contributed by atoms with van der Waals surface area (Å²) in [6, 6.07) is 0.0552. The Balaban J connectivity index is 1.62. The van der Waals surface area contributed by atoms with Crippen LogP contribution in [0.5, 0.6) is 0 Å². The molecule has 7 nitrogen and oxygen atoms in total. The number of ether oxygens (including phenoxy) is 1. The number of rotatable bonds is 4. The highest BCUT2D eigenvalue weighted by Crippen LogP contribution is 2.33. The summed E-state index contributed by atoms with van der Waals surface area (Å²) in [6.45, 7) is 6.62. The molecule has 1 aliphatic carbocycles. The van der Waals surface area contributed by atoms with Gasteiger partial charge in [-0.2, -0.15) is 0 Å². The van der Waals surface area contributed by atoms with Crippen molar-refractivity contribution in [3.63, 3.8) is 0 Å². The zero-order valence-corrected chi connectivity index (χ0v) is 18.7. The van der Waals surface area contributed by atoms with Crippen molar-refractivity contribution in [3.05, 3.63) is 31.3 Å². The van der Waals surface area contributed by atoms with E-state index in [0.29, 0.717) is 6.54 Å². The number of nitrogens with zero attached hydrogens (tertiary/aromatic N) is 4. The lowest BCUT2D eigenvalue weighted by molar-refractivity contribution is 0.0363. The number of likely N-dealkylation sites (N-methyl/N-ethyl adjacent to an activating group) is 1. The molecule has 0 amide bonds. The van der Waals surface area contributed by atoms with Gasteiger partial charge >= 0.3 is 5.69 Å². The lowest BCUT2D eigenvalue weighted by Crippen LogP contribution is -2.45. The van der Waals surface area contributed by atoms with Gasteiger partial charge in [0.15, 0.2) is 0 Å². The Labute approximate surface area is 180 Å². The van der Waals surface area contributed by atoms with Crippen LogP contribution in [0.1, 0.15) is 48.6 Å². The highest BCUT2D eigenvalue weighted by atomic mass is 32.1. The number of hydrogen-bond acceptors (Lipinski definition) is 6. The van der Waals surface area contributed by atoms with Crippen molar-refractivity contribution >= 4 is 21.6 Å². The molecule has 0 bridgehead atoms. The Morgan fingerprint density at radius 3 is 2.57 bits per heavy atom. The molecule has 164 valence electrons. The van der Waals surface area contributed by atoms with Crippen LogP contribution in [0, 0.1) is 0 Å². The van der Waals surface area contributed by atoms with E-state index in [0.717, 1.165) is 88.3 Å². The molecular formula is C22H32N4O3S. The van der Waals surface area contributed by atoms with Crippen molar-refractivity contribution in [1.29, 1.82) is 0 Å². The summed E-state index contributed by atoms with van der Waals surface area (Å²) in [5.74, 6) is 0. The standard InChI is InChI=1S/C22H32N4O3S/c1-23-8-7-17-18(15-23)30-21-19(17)20(27)26(16-5-3-2-4-6-16)22(28)25(21)10-9-24-11-13-29-14-12-24/h16H,2-15H2,1H3. The summed E-state index contributed by atoms with van der Waals surface area (Å²) in [7, 11) is 2.12. The second kappa shape index (κ2) is 8.57. The molecule has 4 heterocycles. The molecule has 1 saturated carbocycles. The lowest BCUT2D eigenvalue weighted by atomic mass is 9.95. The number of thiophene rings is 1. The van der Waals surface area contributed by atoms with E-state index in [2.05, 4.69) is 16.8 Å². The Bertz CT molecular complexity index is 1030. The van der Waals surface area contributed by atoms with Crippen molar-refractivity contribution in [1.82, 2.24) is 18.9 Å². The van der Waals surface area contributed by atoms with Gasteiger partial charge in [-0.1, -0.05) is 19.3 Å². The molecule has 3 aliphatic rings. The molecule has 2 fully saturated rings. The third-order valence-electron chi connectivity index (χ3n) is 7.03. The van der Waals surface area contributed by atoms with E-state index in [4.69, 9.17) is 4.74 Å². The van der Waals surface area contributed by atoms with Crippen molar-refractivity contribution in [3.8, 4) is 0 Å². The number of hydrogen-bond donors (Lipinski definition) is 0. The van der Waals surface area contributed by atoms with Crippen LogP contribution in [0.2, 0.25) is 0 Å². The van der Waals surface area contributed by atoms with Gasteiger partial charge < -0.3 is 9.64 Å². The van der Waals surface area contributed by atoms with E-state index in [9.17, 15) is 9.59 Å². The highest BCUT2D eigenvalue weighted by Gasteiger charge is 2.28. The molecule has 0 N–H and O–H groups in total. The first kappa shape index (κ1) is 20.4. The molecule has 30 heavy (non-hydrogen) atoms. The second-order valence-electron chi connectivity index (χ2n) is 9.03. The first-order valence-electron chi connectivity index (χ1n) is 11.4. The minimum Gasteiger partial charge on any atom is -0.379 e. The minimum absolute atomic E-state index is 0.0356. The largest absolute Gasteiger partial charge is 0.379 e. The first-order chi connectivity index (χ1) is 14.6. The van der Waals surface area contributed by atoms with Gasteiger partial charge in [-0.15, -0.1) is 11.3 Å². The van der Waals surface area contributed by atoms with Crippen LogP contribution in [-0.4, -0.2) is 65.4 Å². The van der Waals surface area contributed by atoms with Crippen molar-refractivity contribution in [2.45, 2.75) is 57.7 Å². The summed E-state index contributed by atoms with van der Waals surface area (Å²) >= 11 is 1.67. The summed E-state index contributed by atoms with van der Waals surface area (Å²) in [6.07, 6.45) is 6.20. The monoisotopic (exact) mass is 432 g/mol. The van der Waals surface area contributed by atoms with Crippen LogP contribution < -0.4 is 11.2 Å². The van der Waals surface area contributed by atoms with Gasteiger partial charge in [-0.25, -0.2) is 4.79 Å². The zero-order chi connectivity index (χ0) is 20.7. The van der Waals surface area contributed by atoms with E-state index in [1.807, 2.05) is 4.57 Å². The Morgan fingerprint density at radius 2 is 1.80 bits per heavy atom. The van der Waals surface area contributed by atoms with Crippen molar-refractivity contribution in [2.24, 2.45) is 0 Å². The molecular weight excluding hydrogens is 400 g/mol. The maximum atomic E-state index is 13.6. The fourth-order valence-electron chi connectivity index (χ4n) is 5.28. The average molecular weight is 433 g/mol. The Morgan fingerprint density at radius 1 is 1.03 bits per heavy atom. The number of aromatic nitrogens is 2. The second-order valence-corrected chi connectivity index (χ2v) is 10.1. The SMILES string of the molecule is CN1CCc2c(sc3c2c(=O)n(C2CCCCC2)c(=O)n3CCN2CCOCC2)C1. The van der Waals surface area contributed by atoms with E-state index in [1.54, 1.807) is 15.9 Å². The number of fused-ring (bicyclic) bond motifs is 3. The molecule has 0 atom stereocenters. The normalized spacial score (nSPS) is 21.9. The third-order valence-corrected chi connectivity index (χ3v) is 8.27. The topological polar surface area (TPSA) is 59.7 Å². The van der Waals surface area contributed by atoms with Crippen LogP contribution >= 0.6 is 11.3 Å². The smallest absolute Gasteiger partial charge is 0.332 e. The van der Waals surface area contributed by atoms with Gasteiger partial charge in [0.1, 0.15) is 4.83 Å². The van der Waals surface area contributed by atoms with Gasteiger partial charge in [0.05, 0.1) is 18.6 Å². The van der Waals surface area contributed by atoms with E-state index >= 15 is 0 Å². The van der Waals surface area contributed by atoms with E-state index in [-0.39, 0.29) is 17.3 Å². The summed E-state index contributed by atoms with van der Waals surface area (Å²) in [5, 5.41) is 0.829. The molecule has 8 heteroatoms. The Hall–Kier alpha value is -1.48. The predicted molar refractivity (Wildman–Crippen MR) is 120 cm³/mol. The van der Waals surface area contributed by atoms with E-state index in [1.165, 1.54) is 16.9 Å². The van der Waals surface area contributed by atoms with Crippen LogP contribution in [0.4, 0.5) is 0 Å². The molecule has 2 aromatic heterocycles. The third kappa shape index (κ3) is 3.68. The van der Waals surface area contributed by atoms with Crippen LogP contribution in [-0.2, 0) is 24.2 Å². The van der Waals surface area contributed by atoms with Gasteiger partial charge in [-0.05, 0) is 31.9 Å². The first-order valence-corrected chi connectivity index (χ1v) is 12.2. The van der Waals surface area contributed by atoms with Gasteiger partial charge in [0, 0.05) is 50.2 Å². The summed E-state index contributed by atoms with van der Waals surface area (Å²) in [5.41, 5.74) is 1.06. The molecule has 1 saturated heterocycles. The summed E-state index contributed by atoms with van der Waals surface area (Å²) < 4.78 is 9.02. The molecule has 5 rings (SSSR count). The molecule has 2 aromatic rings. The van der Waals surface area contributed by atoms with Crippen LogP contribution in [0.15, 0.2) is 9.59 Å². The number of morpholine rings is 1. The quantitative estimate of drug-likeness (QED) is 0.740. The molecule has 2 aliphatic heterocycles. The predicted octanol–water partition coefficient (Wildman–Crippen LogP) is 2.05. The highest BCUT2D eigenvalue weighted by molar-refractivity contribution is 7.18. The van der Waals surface area contributed by atoms with Crippen LogP contribution in [0.3, 0.4) is 0 Å². The molecule has 0 spiro atoms. The summed E-state index contributed by atoms with van der Waals surface area (Å²) in [4.78, 5) is 34.1. The fraction of sp³-hybridized carbons (Fsp3) is 0.727. The fourth-order valence-corrected chi connectivity index (χ4v) is 6.71. The van der Waals surface area contributed by atoms with Crippen molar-refractivity contribution < 1.29 is 4.74 Å². The molecule has 0 unspecified atom stereocenters. The van der Waals surface area contributed by atoms with Crippen molar-refractivity contribution in [2.75, 3.05) is 46.4 Å². The maximum absolute atomic E-state index is 13.6. The maximum Gasteiger partial charge on any atom is 0.332 e. The average Bonchev–Trinajstić information content (AvgIpc) is 3.13. The molecule has 0 aromatic carbocycles. The van der Waals surface area contributed by atoms with Gasteiger partial charge in [0.25, 0.3) is 5.56 Å². The van der Waals surface area contributed by atoms with Gasteiger partial charge in [-0.3, -0.25) is 18.8 Å². The lowest BCUT2D eigenvalue weighted by Gasteiger charge is -2.28. The Kier molecular flexibility index (Phi) is 5.84. The van der Waals surface area contributed by atoms with Gasteiger partial charge in [0.2, 0.25) is 0 Å². The van der Waals surface area contributed by atoms with Crippen LogP contribution in [0.25, 0.3) is 10.2 Å². The molecule has 0 radical (unpaired) electrons. The minimum atomic E-state index is -0.0976.